The maximum absolute atomic E-state index is 8.99. The smallest absolute Gasteiger partial charge is 0.222 e. The maximum Gasteiger partial charge on any atom is 0.222 e. The lowest BCUT2D eigenvalue weighted by atomic mass is 9.85. The summed E-state index contributed by atoms with van der Waals surface area (Å²) in [6.45, 7) is 8.53. The lowest BCUT2D eigenvalue weighted by Crippen LogP contribution is -2.34. The summed E-state index contributed by atoms with van der Waals surface area (Å²) in [7, 11) is 0. The summed E-state index contributed by atoms with van der Waals surface area (Å²) < 4.78 is 0. The van der Waals surface area contributed by atoms with E-state index in [0.717, 1.165) is 6.42 Å². The van der Waals surface area contributed by atoms with Crippen LogP contribution in [0.4, 0.5) is 11.8 Å². The third-order valence-electron chi connectivity index (χ3n) is 2.69. The minimum Gasteiger partial charge on any atom is -0.368 e. The molecule has 0 saturated carbocycles. The van der Waals surface area contributed by atoms with Crippen LogP contribution < -0.4 is 11.1 Å². The zero-order chi connectivity index (χ0) is 13.1. The second-order valence-electron chi connectivity index (χ2n) is 5.07. The first-order chi connectivity index (χ1) is 7.88. The van der Waals surface area contributed by atoms with E-state index in [-0.39, 0.29) is 17.4 Å². The first-order valence-electron chi connectivity index (χ1n) is 5.67. The van der Waals surface area contributed by atoms with Gasteiger partial charge in [-0.1, -0.05) is 27.7 Å². The summed E-state index contributed by atoms with van der Waals surface area (Å²) in [5, 5.41) is 12.3. The molecule has 0 aromatic carbocycles. The summed E-state index contributed by atoms with van der Waals surface area (Å²) in [4.78, 5) is 7.89. The van der Waals surface area contributed by atoms with E-state index in [9.17, 15) is 0 Å². The van der Waals surface area contributed by atoms with Gasteiger partial charge in [-0.3, -0.25) is 0 Å². The van der Waals surface area contributed by atoms with Crippen LogP contribution in [0.1, 0.15) is 39.7 Å². The van der Waals surface area contributed by atoms with Gasteiger partial charge in [0.15, 0.2) is 0 Å². The SMILES string of the molecule is CC[C@H](Nc1nc(N)ncc1C#N)C(C)(C)C. The van der Waals surface area contributed by atoms with Crippen molar-refractivity contribution < 1.29 is 0 Å². The van der Waals surface area contributed by atoms with E-state index in [4.69, 9.17) is 11.0 Å². The van der Waals surface area contributed by atoms with E-state index < -0.39 is 0 Å². The molecule has 1 heterocycles. The number of nitrogens with two attached hydrogens (primary N) is 1. The monoisotopic (exact) mass is 233 g/mol. The van der Waals surface area contributed by atoms with Crippen molar-refractivity contribution in [2.75, 3.05) is 11.1 Å². The molecule has 0 amide bonds. The number of nitrogens with zero attached hydrogens (tertiary/aromatic N) is 3. The number of anilines is 2. The number of hydrogen-bond donors (Lipinski definition) is 2. The van der Waals surface area contributed by atoms with Gasteiger partial charge in [0.1, 0.15) is 17.5 Å². The number of aromatic nitrogens is 2. The minimum atomic E-state index is 0.0845. The second kappa shape index (κ2) is 5.00. The van der Waals surface area contributed by atoms with Crippen LogP contribution in [0.15, 0.2) is 6.20 Å². The first kappa shape index (κ1) is 13.2. The van der Waals surface area contributed by atoms with Crippen LogP contribution in [0.25, 0.3) is 0 Å². The highest BCUT2D eigenvalue weighted by Crippen LogP contribution is 2.25. The molecule has 1 rings (SSSR count). The molecule has 0 radical (unpaired) electrons. The van der Waals surface area contributed by atoms with Gasteiger partial charge in [0, 0.05) is 6.04 Å². The molecule has 1 aromatic rings. The maximum atomic E-state index is 8.99. The molecule has 0 aliphatic heterocycles. The van der Waals surface area contributed by atoms with Gasteiger partial charge in [-0.15, -0.1) is 0 Å². The van der Waals surface area contributed by atoms with Crippen LogP contribution in [0.5, 0.6) is 0 Å². The largest absolute Gasteiger partial charge is 0.368 e. The topological polar surface area (TPSA) is 87.6 Å². The van der Waals surface area contributed by atoms with Crippen LogP contribution in [0, 0.1) is 16.7 Å². The highest BCUT2D eigenvalue weighted by Gasteiger charge is 2.24. The van der Waals surface area contributed by atoms with E-state index in [1.165, 1.54) is 6.20 Å². The van der Waals surface area contributed by atoms with E-state index in [0.29, 0.717) is 11.4 Å². The summed E-state index contributed by atoms with van der Waals surface area (Å²) in [6, 6.07) is 2.29. The van der Waals surface area contributed by atoms with Crippen molar-refractivity contribution in [2.24, 2.45) is 5.41 Å². The molecule has 0 saturated heterocycles. The Morgan fingerprint density at radius 3 is 2.65 bits per heavy atom. The second-order valence-corrected chi connectivity index (χ2v) is 5.07. The molecule has 5 heteroatoms. The average molecular weight is 233 g/mol. The van der Waals surface area contributed by atoms with Gasteiger partial charge in [0.05, 0.1) is 6.20 Å². The molecule has 17 heavy (non-hydrogen) atoms. The van der Waals surface area contributed by atoms with E-state index >= 15 is 0 Å². The fraction of sp³-hybridized carbons (Fsp3) is 0.583. The van der Waals surface area contributed by atoms with Gasteiger partial charge in [-0.2, -0.15) is 10.2 Å². The predicted octanol–water partition coefficient (Wildman–Crippen LogP) is 2.17. The van der Waals surface area contributed by atoms with Crippen molar-refractivity contribution in [2.45, 2.75) is 40.2 Å². The Bertz CT molecular complexity index is 428. The van der Waals surface area contributed by atoms with Gasteiger partial charge < -0.3 is 11.1 Å². The Kier molecular flexibility index (Phi) is 3.89. The fourth-order valence-corrected chi connectivity index (χ4v) is 1.68. The van der Waals surface area contributed by atoms with Crippen LogP contribution in [-0.2, 0) is 0 Å². The van der Waals surface area contributed by atoms with E-state index in [1.807, 2.05) is 0 Å². The van der Waals surface area contributed by atoms with Crippen molar-refractivity contribution in [3.63, 3.8) is 0 Å². The highest BCUT2D eigenvalue weighted by atomic mass is 15.1. The summed E-state index contributed by atoms with van der Waals surface area (Å²) in [6.07, 6.45) is 2.39. The average Bonchev–Trinajstić information content (AvgIpc) is 2.24. The third kappa shape index (κ3) is 3.31. The van der Waals surface area contributed by atoms with Crippen LogP contribution in [0.3, 0.4) is 0 Å². The minimum absolute atomic E-state index is 0.0845. The predicted molar refractivity (Wildman–Crippen MR) is 68.3 cm³/mol. The zero-order valence-corrected chi connectivity index (χ0v) is 10.8. The molecular weight excluding hydrogens is 214 g/mol. The Hall–Kier alpha value is -1.83. The molecule has 0 aliphatic carbocycles. The zero-order valence-electron chi connectivity index (χ0n) is 10.8. The van der Waals surface area contributed by atoms with E-state index in [2.05, 4.69) is 49.0 Å². The standard InChI is InChI=1S/C12H19N5/c1-5-9(12(2,3)4)16-10-8(6-13)7-15-11(14)17-10/h7,9H,5H2,1-4H3,(H3,14,15,16,17)/t9-/m0/s1. The van der Waals surface area contributed by atoms with Crippen molar-refractivity contribution >= 4 is 11.8 Å². The lowest BCUT2D eigenvalue weighted by molar-refractivity contribution is 0.333. The Labute approximate surface area is 102 Å². The Balaban J connectivity index is 3.01. The van der Waals surface area contributed by atoms with Gasteiger partial charge in [-0.05, 0) is 11.8 Å². The molecule has 92 valence electrons. The molecule has 0 bridgehead atoms. The summed E-state index contributed by atoms with van der Waals surface area (Å²) in [5.41, 5.74) is 6.04. The number of nitriles is 1. The lowest BCUT2D eigenvalue weighted by Gasteiger charge is -2.31. The number of rotatable bonds is 3. The van der Waals surface area contributed by atoms with Crippen LogP contribution in [0.2, 0.25) is 0 Å². The van der Waals surface area contributed by atoms with Gasteiger partial charge in [0.25, 0.3) is 0 Å². The highest BCUT2D eigenvalue weighted by molar-refractivity contribution is 5.53. The normalized spacial score (nSPS) is 12.9. The fourth-order valence-electron chi connectivity index (χ4n) is 1.68. The van der Waals surface area contributed by atoms with Gasteiger partial charge in [-0.25, -0.2) is 4.98 Å². The molecule has 0 spiro atoms. The number of hydrogen-bond acceptors (Lipinski definition) is 5. The van der Waals surface area contributed by atoms with E-state index in [1.54, 1.807) is 0 Å². The van der Waals surface area contributed by atoms with Gasteiger partial charge in [0.2, 0.25) is 5.95 Å². The molecule has 3 N–H and O–H groups in total. The number of nitrogen functional groups attached to an aromatic ring is 1. The first-order valence-corrected chi connectivity index (χ1v) is 5.67. The van der Waals surface area contributed by atoms with Crippen LogP contribution >= 0.6 is 0 Å². The molecule has 0 fully saturated rings. The van der Waals surface area contributed by atoms with Crippen molar-refractivity contribution in [3.8, 4) is 6.07 Å². The van der Waals surface area contributed by atoms with Gasteiger partial charge >= 0.3 is 0 Å². The molecule has 1 atom stereocenters. The summed E-state index contributed by atoms with van der Waals surface area (Å²) in [5.74, 6) is 0.692. The molecule has 1 aromatic heterocycles. The van der Waals surface area contributed by atoms with Crippen molar-refractivity contribution in [1.29, 1.82) is 5.26 Å². The van der Waals surface area contributed by atoms with Crippen molar-refractivity contribution in [3.05, 3.63) is 11.8 Å². The molecule has 0 unspecified atom stereocenters. The Morgan fingerprint density at radius 2 is 2.18 bits per heavy atom. The van der Waals surface area contributed by atoms with Crippen molar-refractivity contribution in [1.82, 2.24) is 9.97 Å². The molecular formula is C12H19N5. The van der Waals surface area contributed by atoms with Crippen LogP contribution in [-0.4, -0.2) is 16.0 Å². The molecule has 5 nitrogen and oxygen atoms in total. The quantitative estimate of drug-likeness (QED) is 0.835. The number of nitrogens with one attached hydrogen (secondary N) is 1. The summed E-state index contributed by atoms with van der Waals surface area (Å²) >= 11 is 0. The molecule has 0 aliphatic rings. The Morgan fingerprint density at radius 1 is 1.53 bits per heavy atom. The third-order valence-corrected chi connectivity index (χ3v) is 2.69.